The zero-order valence-corrected chi connectivity index (χ0v) is 12.8. The average molecular weight is 287 g/mol. The van der Waals surface area contributed by atoms with Gasteiger partial charge in [-0.1, -0.05) is 0 Å². The van der Waals surface area contributed by atoms with E-state index in [1.54, 1.807) is 0 Å². The number of carbonyl (C=O) groups excluding carboxylic acids is 1. The van der Waals surface area contributed by atoms with Gasteiger partial charge in [0.05, 0.1) is 18.8 Å². The summed E-state index contributed by atoms with van der Waals surface area (Å²) in [6.07, 6.45) is 2.02. The van der Waals surface area contributed by atoms with Gasteiger partial charge in [-0.3, -0.25) is 4.90 Å². The van der Waals surface area contributed by atoms with Gasteiger partial charge in [0.15, 0.2) is 0 Å². The van der Waals surface area contributed by atoms with Gasteiger partial charge in [-0.25, -0.2) is 0 Å². The van der Waals surface area contributed by atoms with E-state index in [-0.39, 0.29) is 48.6 Å². The molecule has 110 valence electrons. The van der Waals surface area contributed by atoms with Crippen molar-refractivity contribution in [1.29, 1.82) is 0 Å². The van der Waals surface area contributed by atoms with Crippen molar-refractivity contribution in [3.05, 3.63) is 11.8 Å². The molecule has 0 bridgehead atoms. The standard InChI is InChI=1S/C13H19N3O4.Li/c1-8(10-5-4-6-16(10)2)20-13-14-9(12(17)18)7-11(15-13)19-3;/h7-8,10H,4-6H2,1-3H3,(H,17,18);/q;+1/p-1/t8-,10-;/m0./s1. The van der Waals surface area contributed by atoms with Gasteiger partial charge < -0.3 is 19.4 Å². The second kappa shape index (κ2) is 7.64. The summed E-state index contributed by atoms with van der Waals surface area (Å²) in [5.41, 5.74) is -0.251. The van der Waals surface area contributed by atoms with E-state index in [1.165, 1.54) is 13.2 Å². The minimum absolute atomic E-state index is 0. The Hall–Kier alpha value is -1.29. The Labute approximate surface area is 135 Å². The third-order valence-electron chi connectivity index (χ3n) is 3.51. The molecule has 0 N–H and O–H groups in total. The van der Waals surface area contributed by atoms with E-state index in [1.807, 2.05) is 14.0 Å². The van der Waals surface area contributed by atoms with E-state index in [9.17, 15) is 9.90 Å². The summed E-state index contributed by atoms with van der Waals surface area (Å²) in [4.78, 5) is 20.9. The van der Waals surface area contributed by atoms with Gasteiger partial charge in [0, 0.05) is 12.1 Å². The first-order valence-electron chi connectivity index (χ1n) is 6.52. The molecular weight excluding hydrogens is 269 g/mol. The van der Waals surface area contributed by atoms with E-state index < -0.39 is 5.97 Å². The molecule has 2 atom stereocenters. The average Bonchev–Trinajstić information content (AvgIpc) is 2.84. The van der Waals surface area contributed by atoms with Crippen molar-refractivity contribution in [2.45, 2.75) is 31.9 Å². The third-order valence-corrected chi connectivity index (χ3v) is 3.51. The number of aromatic nitrogens is 2. The zero-order valence-electron chi connectivity index (χ0n) is 12.8. The quantitative estimate of drug-likeness (QED) is 0.525. The van der Waals surface area contributed by atoms with Gasteiger partial charge in [0.1, 0.15) is 6.10 Å². The van der Waals surface area contributed by atoms with Crippen LogP contribution in [0.3, 0.4) is 0 Å². The topological polar surface area (TPSA) is 87.6 Å². The summed E-state index contributed by atoms with van der Waals surface area (Å²) in [5.74, 6) is -1.25. The molecule has 0 radical (unpaired) electrons. The van der Waals surface area contributed by atoms with Crippen LogP contribution in [0.2, 0.25) is 0 Å². The number of likely N-dealkylation sites (N-methyl/N-ethyl adjacent to an activating group) is 1. The van der Waals surface area contributed by atoms with E-state index in [4.69, 9.17) is 9.47 Å². The monoisotopic (exact) mass is 287 g/mol. The summed E-state index contributed by atoms with van der Waals surface area (Å²) in [6, 6.07) is 1.47. The molecule has 0 aromatic carbocycles. The van der Waals surface area contributed by atoms with Crippen LogP contribution in [0.25, 0.3) is 0 Å². The van der Waals surface area contributed by atoms with Crippen LogP contribution < -0.4 is 33.4 Å². The first-order valence-corrected chi connectivity index (χ1v) is 6.52. The Balaban J connectivity index is 0.00000220. The molecule has 0 amide bonds. The molecule has 21 heavy (non-hydrogen) atoms. The fraction of sp³-hybridized carbons (Fsp3) is 0.615. The number of carbonyl (C=O) groups is 1. The number of methoxy groups -OCH3 is 1. The molecule has 2 rings (SSSR count). The van der Waals surface area contributed by atoms with Crippen molar-refractivity contribution in [3.8, 4) is 11.9 Å². The summed E-state index contributed by atoms with van der Waals surface area (Å²) in [6.45, 7) is 2.95. The van der Waals surface area contributed by atoms with E-state index in [2.05, 4.69) is 14.9 Å². The van der Waals surface area contributed by atoms with Crippen molar-refractivity contribution >= 4 is 5.97 Å². The Bertz CT molecular complexity index is 500. The van der Waals surface area contributed by atoms with Gasteiger partial charge in [-0.2, -0.15) is 9.97 Å². The Kier molecular flexibility index (Phi) is 6.46. The number of hydrogen-bond acceptors (Lipinski definition) is 7. The van der Waals surface area contributed by atoms with Gasteiger partial charge in [-0.05, 0) is 33.4 Å². The molecule has 7 nitrogen and oxygen atoms in total. The predicted octanol–water partition coefficient (Wildman–Crippen LogP) is -3.29. The summed E-state index contributed by atoms with van der Waals surface area (Å²) in [7, 11) is 3.44. The smallest absolute Gasteiger partial charge is 0.543 e. The maximum atomic E-state index is 10.9. The molecule has 0 aliphatic carbocycles. The number of likely N-dealkylation sites (tertiary alicyclic amines) is 1. The number of hydrogen-bond donors (Lipinski definition) is 0. The predicted molar refractivity (Wildman–Crippen MR) is 68.7 cm³/mol. The minimum atomic E-state index is -1.39. The van der Waals surface area contributed by atoms with Crippen molar-refractivity contribution in [2.75, 3.05) is 20.7 Å². The fourth-order valence-electron chi connectivity index (χ4n) is 2.44. The molecule has 0 unspecified atom stereocenters. The maximum Gasteiger partial charge on any atom is 1.00 e. The normalized spacial score (nSPS) is 19.7. The second-order valence-corrected chi connectivity index (χ2v) is 4.88. The summed E-state index contributed by atoms with van der Waals surface area (Å²) in [5, 5.41) is 10.9. The molecule has 2 heterocycles. The van der Waals surface area contributed by atoms with Crippen molar-refractivity contribution in [3.63, 3.8) is 0 Å². The molecule has 8 heteroatoms. The van der Waals surface area contributed by atoms with Crippen LogP contribution in [0.1, 0.15) is 30.3 Å². The van der Waals surface area contributed by atoms with Crippen molar-refractivity contribution in [2.24, 2.45) is 0 Å². The fourth-order valence-corrected chi connectivity index (χ4v) is 2.44. The number of carboxylic acids is 1. The number of carboxylic acid groups (broad SMARTS) is 1. The van der Waals surface area contributed by atoms with Crippen molar-refractivity contribution < 1.29 is 38.2 Å². The molecule has 1 aliphatic heterocycles. The first kappa shape index (κ1) is 17.8. The molecular formula is C13H18LiN3O4. The van der Waals surface area contributed by atoms with Crippen LogP contribution in [-0.2, 0) is 0 Å². The number of nitrogens with zero attached hydrogens (tertiary/aromatic N) is 3. The Morgan fingerprint density at radius 3 is 2.76 bits per heavy atom. The molecule has 1 aliphatic rings. The van der Waals surface area contributed by atoms with Crippen LogP contribution >= 0.6 is 0 Å². The minimum Gasteiger partial charge on any atom is -0.543 e. The summed E-state index contributed by atoms with van der Waals surface area (Å²) >= 11 is 0. The molecule has 1 saturated heterocycles. The van der Waals surface area contributed by atoms with E-state index >= 15 is 0 Å². The Morgan fingerprint density at radius 2 is 2.24 bits per heavy atom. The number of ether oxygens (including phenoxy) is 2. The van der Waals surface area contributed by atoms with Crippen LogP contribution in [0.15, 0.2) is 6.07 Å². The number of aromatic carboxylic acids is 1. The van der Waals surface area contributed by atoms with Gasteiger partial charge in [0.2, 0.25) is 5.88 Å². The molecule has 1 aromatic rings. The largest absolute Gasteiger partial charge is 1.00 e. The van der Waals surface area contributed by atoms with Crippen LogP contribution in [0.4, 0.5) is 0 Å². The first-order chi connectivity index (χ1) is 9.51. The third kappa shape index (κ3) is 4.33. The van der Waals surface area contributed by atoms with Gasteiger partial charge in [-0.15, -0.1) is 0 Å². The van der Waals surface area contributed by atoms with E-state index in [0.717, 1.165) is 19.4 Å². The van der Waals surface area contributed by atoms with Crippen LogP contribution in [0.5, 0.6) is 11.9 Å². The van der Waals surface area contributed by atoms with Gasteiger partial charge >= 0.3 is 24.9 Å². The molecule has 1 fully saturated rings. The van der Waals surface area contributed by atoms with Crippen molar-refractivity contribution in [1.82, 2.24) is 14.9 Å². The zero-order chi connectivity index (χ0) is 14.7. The Morgan fingerprint density at radius 1 is 1.52 bits per heavy atom. The molecule has 0 saturated carbocycles. The van der Waals surface area contributed by atoms with E-state index in [0.29, 0.717) is 0 Å². The molecule has 0 spiro atoms. The van der Waals surface area contributed by atoms with Crippen LogP contribution in [0, 0.1) is 0 Å². The maximum absolute atomic E-state index is 10.9. The van der Waals surface area contributed by atoms with Crippen LogP contribution in [-0.4, -0.2) is 53.7 Å². The van der Waals surface area contributed by atoms with Gasteiger partial charge in [0.25, 0.3) is 0 Å². The SMILES string of the molecule is COc1cc(C(=O)[O-])nc(O[C@@H](C)[C@@H]2CCCN2C)n1.[Li+]. The molecule has 1 aromatic heterocycles. The summed E-state index contributed by atoms with van der Waals surface area (Å²) < 4.78 is 10.6. The second-order valence-electron chi connectivity index (χ2n) is 4.88. The number of rotatable bonds is 5.